The highest BCUT2D eigenvalue weighted by Gasteiger charge is 2.50. The largest absolute Gasteiger partial charge is 0.490 e. The summed E-state index contributed by atoms with van der Waals surface area (Å²) in [6.07, 6.45) is -10.5. The Hall–Kier alpha value is -3.18. The third-order valence-electron chi connectivity index (χ3n) is 7.50. The third kappa shape index (κ3) is 8.47. The average Bonchev–Trinajstić information content (AvgIpc) is 3.79. The molecule has 6 rings (SSSR count). The van der Waals surface area contributed by atoms with Crippen LogP contribution in [-0.2, 0) is 49.7 Å². The second kappa shape index (κ2) is 14.7. The number of nitrogens with one attached hydrogen (secondary N) is 2. The van der Waals surface area contributed by atoms with Crippen LogP contribution in [0.4, 0.5) is 5.82 Å². The molecular weight excluding hydrogens is 826 g/mol. The van der Waals surface area contributed by atoms with Gasteiger partial charge in [-0.3, -0.25) is 32.9 Å². The van der Waals surface area contributed by atoms with Crippen LogP contribution in [-0.4, -0.2) is 129 Å². The summed E-state index contributed by atoms with van der Waals surface area (Å²) >= 11 is 0. The van der Waals surface area contributed by atoms with Gasteiger partial charge in [-0.2, -0.15) is 12.9 Å². The van der Waals surface area contributed by atoms with E-state index in [1.165, 1.54) is 0 Å². The highest BCUT2D eigenvalue weighted by molar-refractivity contribution is 7.69. The topological polar surface area (TPSA) is 448 Å². The van der Waals surface area contributed by atoms with Crippen molar-refractivity contribution in [3.05, 3.63) is 39.8 Å². The van der Waals surface area contributed by atoms with Gasteiger partial charge in [-0.15, -0.1) is 0 Å². The number of aromatic amines is 2. The van der Waals surface area contributed by atoms with Crippen molar-refractivity contribution < 1.29 is 89.7 Å². The van der Waals surface area contributed by atoms with Gasteiger partial charge in [-0.25, -0.2) is 43.0 Å². The van der Waals surface area contributed by atoms with Gasteiger partial charge < -0.3 is 55.2 Å². The van der Waals surface area contributed by atoms with Crippen molar-refractivity contribution in [3.63, 3.8) is 0 Å². The molecule has 0 bridgehead atoms. The van der Waals surface area contributed by atoms with Crippen molar-refractivity contribution in [2.75, 3.05) is 18.9 Å². The zero-order valence-corrected chi connectivity index (χ0v) is 29.8. The van der Waals surface area contributed by atoms with E-state index >= 15 is 0 Å². The molecule has 2 aliphatic rings. The highest BCUT2D eigenvalue weighted by Crippen LogP contribution is 2.71. The first-order chi connectivity index (χ1) is 25.1. The Labute approximate surface area is 296 Å². The van der Waals surface area contributed by atoms with E-state index in [2.05, 4.69) is 46.9 Å². The minimum Gasteiger partial charge on any atom is -0.387 e. The molecule has 30 nitrogen and oxygen atoms in total. The molecule has 0 aliphatic carbocycles. The van der Waals surface area contributed by atoms with Crippen LogP contribution in [0, 0.1) is 0 Å². The highest BCUT2D eigenvalue weighted by atomic mass is 31.3. The number of nitrogens with zero attached hydrogens (tertiary/aromatic N) is 6. The van der Waals surface area contributed by atoms with E-state index in [1.807, 2.05) is 4.98 Å². The van der Waals surface area contributed by atoms with Gasteiger partial charge in [-0.05, 0) is 0 Å². The normalized spacial score (nSPS) is 30.6. The Bertz CT molecular complexity index is 2370. The number of hydrogen-bond donors (Lipinski definition) is 11. The number of ether oxygens (including phenoxy) is 2. The minimum atomic E-state index is -6.24. The van der Waals surface area contributed by atoms with Crippen LogP contribution in [0.15, 0.2) is 28.6 Å². The summed E-state index contributed by atoms with van der Waals surface area (Å²) in [5.41, 5.74) is 3.49. The molecule has 0 amide bonds. The lowest BCUT2D eigenvalue weighted by molar-refractivity contribution is -0.0505. The van der Waals surface area contributed by atoms with Gasteiger partial charge in [-0.1, -0.05) is 0 Å². The smallest absolute Gasteiger partial charge is 0.387 e. The van der Waals surface area contributed by atoms with Crippen molar-refractivity contribution in [3.8, 4) is 0 Å². The fourth-order valence-electron chi connectivity index (χ4n) is 5.20. The number of anilines is 1. The summed E-state index contributed by atoms with van der Waals surface area (Å²) in [5.74, 6) is -0.0244. The van der Waals surface area contributed by atoms with E-state index in [9.17, 15) is 67.8 Å². The van der Waals surface area contributed by atoms with Crippen LogP contribution >= 0.6 is 31.3 Å². The van der Waals surface area contributed by atoms with Gasteiger partial charge >= 0.3 is 37.0 Å². The Morgan fingerprint density at radius 1 is 0.685 bits per heavy atom. The number of rotatable bonds is 14. The van der Waals surface area contributed by atoms with Crippen molar-refractivity contribution in [1.82, 2.24) is 39.0 Å². The lowest BCUT2D eigenvalue weighted by Gasteiger charge is -2.21. The van der Waals surface area contributed by atoms with Gasteiger partial charge in [0.1, 0.15) is 54.1 Å². The quantitative estimate of drug-likeness (QED) is 0.0550. The molecule has 54 heavy (non-hydrogen) atoms. The van der Waals surface area contributed by atoms with Crippen molar-refractivity contribution in [2.45, 2.75) is 49.1 Å². The molecular formula is C20H27N9O21P4. The van der Waals surface area contributed by atoms with Crippen molar-refractivity contribution in [1.29, 1.82) is 0 Å². The van der Waals surface area contributed by atoms with E-state index in [0.717, 1.165) is 28.1 Å². The first kappa shape index (κ1) is 40.5. The number of phosphoric acid groups is 4. The fourth-order valence-corrected chi connectivity index (χ4v) is 10.2. The number of hydrogen-bond acceptors (Lipinski definition) is 22. The molecule has 4 aromatic heterocycles. The summed E-state index contributed by atoms with van der Waals surface area (Å²) in [6, 6.07) is 0. The number of aromatic nitrogens is 8. The van der Waals surface area contributed by atoms with Gasteiger partial charge in [0, 0.05) is 0 Å². The zero-order chi connectivity index (χ0) is 39.5. The Morgan fingerprint density at radius 3 is 1.72 bits per heavy atom. The lowest BCUT2D eigenvalue weighted by Crippen LogP contribution is -2.33. The third-order valence-corrected chi connectivity index (χ3v) is 13.4. The molecule has 4 aromatic rings. The summed E-state index contributed by atoms with van der Waals surface area (Å²) in [7, 11) is -24.1. The molecule has 12 N–H and O–H groups in total. The molecule has 0 radical (unpaired) electrons. The van der Waals surface area contributed by atoms with E-state index in [0.29, 0.717) is 0 Å². The number of imidazole rings is 2. The first-order valence-corrected chi connectivity index (χ1v) is 20.4. The molecule has 298 valence electrons. The van der Waals surface area contributed by atoms with E-state index in [1.54, 1.807) is 0 Å². The molecule has 2 aliphatic heterocycles. The monoisotopic (exact) mass is 853 g/mol. The maximum Gasteiger partial charge on any atom is 0.490 e. The Balaban J connectivity index is 1.02. The van der Waals surface area contributed by atoms with Gasteiger partial charge in [0.25, 0.3) is 5.56 Å². The number of phosphoric ester groups is 2. The van der Waals surface area contributed by atoms with Crippen LogP contribution in [0.25, 0.3) is 22.3 Å². The van der Waals surface area contributed by atoms with Crippen LogP contribution in [0.2, 0.25) is 0 Å². The number of nitrogen functional groups attached to an aromatic ring is 1. The number of fused-ring (bicyclic) bond motifs is 2. The Kier molecular flexibility index (Phi) is 11.0. The maximum absolute atomic E-state index is 12.4. The molecule has 2 saturated heterocycles. The molecule has 0 saturated carbocycles. The molecule has 12 atom stereocenters. The fraction of sp³-hybridized carbons (Fsp3) is 0.500. The van der Waals surface area contributed by atoms with Crippen LogP contribution in [0.1, 0.15) is 12.5 Å². The van der Waals surface area contributed by atoms with Crippen molar-refractivity contribution >= 4 is 59.4 Å². The second-order valence-electron chi connectivity index (χ2n) is 11.1. The number of aliphatic hydroxyl groups excluding tert-OH is 4. The summed E-state index contributed by atoms with van der Waals surface area (Å²) in [5, 5.41) is 41.7. The molecule has 2 fully saturated rings. The summed E-state index contributed by atoms with van der Waals surface area (Å²) < 4.78 is 82.9. The SMILES string of the molecule is Nc1ncnc2c1ncn2[C@@H]1O[C@H](COP(=O)(O)OP(=O)(O)OP(=O)(O)OP(=O)(O)OC[C@H]2O[C@@H](n3cnc4c(=O)[nH]c(=O)[nH]c43)[C@H](O)[C@@H]2O)[C@@H](O)[C@H]1O. The van der Waals surface area contributed by atoms with Gasteiger partial charge in [0.2, 0.25) is 0 Å². The number of H-pyrrole nitrogens is 2. The first-order valence-electron chi connectivity index (χ1n) is 14.5. The predicted octanol–water partition coefficient (Wildman–Crippen LogP) is -3.44. The number of aliphatic hydroxyl groups is 4. The molecule has 34 heteroatoms. The van der Waals surface area contributed by atoms with E-state index in [4.69, 9.17) is 15.2 Å². The average molecular weight is 853 g/mol. The molecule has 4 unspecified atom stereocenters. The second-order valence-corrected chi connectivity index (χ2v) is 17.4. The van der Waals surface area contributed by atoms with E-state index in [-0.39, 0.29) is 28.1 Å². The maximum atomic E-state index is 12.4. The van der Waals surface area contributed by atoms with Crippen LogP contribution in [0.5, 0.6) is 0 Å². The van der Waals surface area contributed by atoms with Crippen molar-refractivity contribution in [2.24, 2.45) is 0 Å². The van der Waals surface area contributed by atoms with Gasteiger partial charge in [0.15, 0.2) is 29.4 Å². The van der Waals surface area contributed by atoms with Gasteiger partial charge in [0.05, 0.1) is 25.9 Å². The predicted molar refractivity (Wildman–Crippen MR) is 167 cm³/mol. The summed E-state index contributed by atoms with van der Waals surface area (Å²) in [4.78, 5) is 82.8. The molecule has 0 aromatic carbocycles. The van der Waals surface area contributed by atoms with Crippen LogP contribution in [0.3, 0.4) is 0 Å². The van der Waals surface area contributed by atoms with Crippen LogP contribution < -0.4 is 17.0 Å². The Morgan fingerprint density at radius 2 is 1.17 bits per heavy atom. The minimum absolute atomic E-state index is 0.0244. The standard InChI is InChI=1S/C20H27N9O21P4/c21-14-8-15(23-3-22-14)28(4-24-8)18-12(32)10(30)6(46-18)1-44-51(36,37)48-53(40,41)50-54(42,43)49-52(38,39)45-2-7-11(31)13(33)19(47-7)29-5-25-9-16(29)26-20(35)27-17(9)34/h3-7,10-13,18-19,30-33H,1-2H2,(H,36,37)(H,38,39)(H,40,41)(H,42,43)(H2,21,22,23)(H2,26,27,34,35)/t6-,7-,10-,11-,12-,13-,18-,19-/m1/s1. The zero-order valence-electron chi connectivity index (χ0n) is 26.2. The lowest BCUT2D eigenvalue weighted by atomic mass is 10.1. The number of nitrogens with two attached hydrogens (primary N) is 1. The van der Waals surface area contributed by atoms with E-state index < -0.39 is 105 Å². The molecule has 0 spiro atoms. The molecule has 6 heterocycles. The summed E-state index contributed by atoms with van der Waals surface area (Å²) in [6.45, 7) is -2.32.